The summed E-state index contributed by atoms with van der Waals surface area (Å²) >= 11 is 0. The van der Waals surface area contributed by atoms with Crippen molar-refractivity contribution in [2.24, 2.45) is 11.0 Å². The standard InChI is InChI=1S/C50H52N4O6Si/c1-33-48(61(3,4)41-24-22-40(59-2)23-25-41)45(29-47(57)52-31-37-15-9-8-14-36(37)28-39(52)32-55)60-50(33)42-16-10-11-17-44(42)53(49(50)58)30-34-18-20-38(21-19-34)54-46(56)27-26-43(51-54)35-12-6-5-7-13-35/h5-25,33,39,45,48,55H,26-32H2,1-4H3/t33-,39-,45+,48-,50+/m0/s1. The third-order valence-electron chi connectivity index (χ3n) is 13.7. The maximum atomic E-state index is 15.4. The minimum absolute atomic E-state index is 0.0638. The lowest BCUT2D eigenvalue weighted by atomic mass is 9.82. The molecule has 5 atom stereocenters. The molecule has 5 aromatic carbocycles. The van der Waals surface area contributed by atoms with Crippen molar-refractivity contribution in [2.45, 2.75) is 82.1 Å². The number of methoxy groups -OCH3 is 1. The van der Waals surface area contributed by atoms with Crippen LogP contribution in [0.2, 0.25) is 18.6 Å². The number of carbonyl (C=O) groups is 3. The lowest BCUT2D eigenvalue weighted by Crippen LogP contribution is -2.52. The summed E-state index contributed by atoms with van der Waals surface area (Å²) in [6.45, 7) is 7.33. The Balaban J connectivity index is 1.04. The van der Waals surface area contributed by atoms with Gasteiger partial charge in [-0.05, 0) is 64.5 Å². The first-order valence-corrected chi connectivity index (χ1v) is 24.4. The second kappa shape index (κ2) is 16.2. The Morgan fingerprint density at radius 3 is 2.28 bits per heavy atom. The van der Waals surface area contributed by atoms with E-state index in [1.54, 1.807) is 7.11 Å². The summed E-state index contributed by atoms with van der Waals surface area (Å²) in [5.41, 5.74) is 5.79. The van der Waals surface area contributed by atoms with Crippen LogP contribution in [0.5, 0.6) is 5.75 Å². The second-order valence-corrected chi connectivity index (χ2v) is 22.1. The summed E-state index contributed by atoms with van der Waals surface area (Å²) in [7, 11) is -0.861. The summed E-state index contributed by atoms with van der Waals surface area (Å²) in [4.78, 5) is 46.7. The molecule has 61 heavy (non-hydrogen) atoms. The lowest BCUT2D eigenvalue weighted by Gasteiger charge is -2.39. The van der Waals surface area contributed by atoms with E-state index in [0.29, 0.717) is 38.0 Å². The normalized spacial score (nSPS) is 23.6. The highest BCUT2D eigenvalue weighted by Crippen LogP contribution is 2.60. The van der Waals surface area contributed by atoms with Crippen molar-refractivity contribution >= 4 is 48.1 Å². The van der Waals surface area contributed by atoms with Gasteiger partial charge in [-0.2, -0.15) is 5.10 Å². The van der Waals surface area contributed by atoms with Crippen LogP contribution in [0.1, 0.15) is 54.0 Å². The van der Waals surface area contributed by atoms with Gasteiger partial charge in [0.05, 0.1) is 64.0 Å². The van der Waals surface area contributed by atoms with E-state index in [2.05, 4.69) is 38.2 Å². The maximum Gasteiger partial charge on any atom is 0.264 e. The minimum Gasteiger partial charge on any atom is -0.497 e. The molecule has 0 bridgehead atoms. The van der Waals surface area contributed by atoms with Crippen molar-refractivity contribution in [2.75, 3.05) is 23.6 Å². The van der Waals surface area contributed by atoms with Gasteiger partial charge >= 0.3 is 0 Å². The average Bonchev–Trinajstić information content (AvgIpc) is 3.72. The summed E-state index contributed by atoms with van der Waals surface area (Å²) in [5, 5.41) is 17.9. The average molecular weight is 833 g/mol. The van der Waals surface area contributed by atoms with Crippen LogP contribution in [0, 0.1) is 5.92 Å². The number of amides is 3. The van der Waals surface area contributed by atoms with Crippen molar-refractivity contribution in [1.29, 1.82) is 0 Å². The maximum absolute atomic E-state index is 15.4. The van der Waals surface area contributed by atoms with Crippen LogP contribution >= 0.6 is 0 Å². The molecule has 1 saturated heterocycles. The van der Waals surface area contributed by atoms with Gasteiger partial charge in [-0.1, -0.05) is 122 Å². The number of anilines is 2. The molecule has 0 radical (unpaired) electrons. The summed E-state index contributed by atoms with van der Waals surface area (Å²) in [6, 6.07) is 41.5. The van der Waals surface area contributed by atoms with E-state index in [4.69, 9.17) is 14.6 Å². The van der Waals surface area contributed by atoms with Crippen molar-refractivity contribution in [1.82, 2.24) is 4.90 Å². The van der Waals surface area contributed by atoms with Crippen LogP contribution in [-0.4, -0.2) is 67.4 Å². The monoisotopic (exact) mass is 832 g/mol. The van der Waals surface area contributed by atoms with E-state index in [9.17, 15) is 14.7 Å². The fourth-order valence-corrected chi connectivity index (χ4v) is 14.5. The van der Waals surface area contributed by atoms with Gasteiger partial charge in [0.25, 0.3) is 5.91 Å². The Bertz CT molecular complexity index is 2490. The fourth-order valence-electron chi connectivity index (χ4n) is 10.5. The van der Waals surface area contributed by atoms with Crippen molar-refractivity contribution in [3.8, 4) is 5.75 Å². The van der Waals surface area contributed by atoms with Gasteiger partial charge in [0, 0.05) is 30.9 Å². The number of fused-ring (bicyclic) bond motifs is 3. The predicted octanol–water partition coefficient (Wildman–Crippen LogP) is 7.33. The molecule has 4 heterocycles. The molecule has 0 aromatic heterocycles. The summed E-state index contributed by atoms with van der Waals surface area (Å²) in [6.07, 6.45) is 1.05. The molecule has 4 aliphatic heterocycles. The number of hydrogen-bond donors (Lipinski definition) is 1. The lowest BCUT2D eigenvalue weighted by molar-refractivity contribution is -0.151. The van der Waals surface area contributed by atoms with E-state index < -0.39 is 19.8 Å². The smallest absolute Gasteiger partial charge is 0.264 e. The number of hydrazone groups is 1. The molecule has 1 N–H and O–H groups in total. The SMILES string of the molecule is COc1ccc([Si](C)(C)[C@@H]2[C@@H](CC(=O)N3Cc4ccccc4C[C@H]3CO)O[C@]3(C(=O)N(Cc4ccc(N5N=C(c6ccccc6)CCC5=O)cc4)c4ccccc43)[C@H]2C)cc1. The van der Waals surface area contributed by atoms with Crippen LogP contribution in [0.15, 0.2) is 132 Å². The number of ether oxygens (including phenoxy) is 2. The molecule has 0 saturated carbocycles. The Kier molecular flexibility index (Phi) is 10.8. The molecule has 0 unspecified atom stereocenters. The highest BCUT2D eigenvalue weighted by molar-refractivity contribution is 6.91. The van der Waals surface area contributed by atoms with E-state index in [1.807, 2.05) is 119 Å². The van der Waals surface area contributed by atoms with Gasteiger partial charge in [0.2, 0.25) is 11.8 Å². The number of benzene rings is 5. The van der Waals surface area contributed by atoms with Crippen LogP contribution < -0.4 is 19.8 Å². The molecule has 0 aliphatic carbocycles. The number of rotatable bonds is 10. The summed E-state index contributed by atoms with van der Waals surface area (Å²) in [5.74, 6) is 0.186. The quantitative estimate of drug-likeness (QED) is 0.148. The minimum atomic E-state index is -2.52. The first-order chi connectivity index (χ1) is 29.5. The molecular formula is C50H52N4O6Si. The van der Waals surface area contributed by atoms with Gasteiger partial charge < -0.3 is 24.4 Å². The molecular weight excluding hydrogens is 781 g/mol. The molecule has 4 aliphatic rings. The molecule has 11 heteroatoms. The predicted molar refractivity (Wildman–Crippen MR) is 240 cm³/mol. The number of aliphatic hydroxyl groups excluding tert-OH is 1. The van der Waals surface area contributed by atoms with E-state index >= 15 is 4.79 Å². The molecule has 9 rings (SSSR count). The van der Waals surface area contributed by atoms with Crippen LogP contribution in [0.25, 0.3) is 0 Å². The van der Waals surface area contributed by atoms with Crippen molar-refractivity contribution in [3.05, 3.63) is 155 Å². The summed E-state index contributed by atoms with van der Waals surface area (Å²) < 4.78 is 12.8. The molecule has 10 nitrogen and oxygen atoms in total. The van der Waals surface area contributed by atoms with Gasteiger partial charge in [-0.15, -0.1) is 0 Å². The number of hydrogen-bond acceptors (Lipinski definition) is 7. The second-order valence-electron chi connectivity index (χ2n) is 17.4. The van der Waals surface area contributed by atoms with Gasteiger partial charge in [0.1, 0.15) is 5.75 Å². The number of nitrogens with zero attached hydrogens (tertiary/aromatic N) is 4. The first-order valence-electron chi connectivity index (χ1n) is 21.3. The molecule has 1 fully saturated rings. The molecule has 3 amide bonds. The fraction of sp³-hybridized carbons (Fsp3) is 0.320. The molecule has 1 spiro atoms. The number of aliphatic hydroxyl groups is 1. The zero-order valence-electron chi connectivity index (χ0n) is 35.2. The largest absolute Gasteiger partial charge is 0.497 e. The van der Waals surface area contributed by atoms with Gasteiger partial charge in [-0.3, -0.25) is 14.4 Å². The number of carbonyl (C=O) groups excluding carboxylic acids is 3. The Hall–Kier alpha value is -5.88. The van der Waals surface area contributed by atoms with Gasteiger partial charge in [0.15, 0.2) is 5.60 Å². The van der Waals surface area contributed by atoms with E-state index in [-0.39, 0.29) is 48.3 Å². The highest BCUT2D eigenvalue weighted by atomic mass is 28.3. The number of para-hydroxylation sites is 1. The molecule has 5 aromatic rings. The van der Waals surface area contributed by atoms with Crippen LogP contribution in [0.4, 0.5) is 11.4 Å². The topological polar surface area (TPSA) is 112 Å². The zero-order valence-corrected chi connectivity index (χ0v) is 36.2. The third-order valence-corrected chi connectivity index (χ3v) is 18.0. The van der Waals surface area contributed by atoms with Gasteiger partial charge in [-0.25, -0.2) is 5.01 Å². The first kappa shape index (κ1) is 40.5. The van der Waals surface area contributed by atoms with E-state index in [1.165, 1.54) is 10.2 Å². The Morgan fingerprint density at radius 2 is 1.56 bits per heavy atom. The Morgan fingerprint density at radius 1 is 0.869 bits per heavy atom. The third kappa shape index (κ3) is 7.08. The highest BCUT2D eigenvalue weighted by Gasteiger charge is 2.66. The van der Waals surface area contributed by atoms with Crippen molar-refractivity contribution in [3.63, 3.8) is 0 Å². The van der Waals surface area contributed by atoms with E-state index in [0.717, 1.165) is 45.0 Å². The van der Waals surface area contributed by atoms with Crippen LogP contribution in [0.3, 0.4) is 0 Å². The van der Waals surface area contributed by atoms with Crippen molar-refractivity contribution < 1.29 is 29.0 Å². The molecule has 312 valence electrons. The Labute approximate surface area is 358 Å². The van der Waals surface area contributed by atoms with Crippen LogP contribution in [-0.2, 0) is 44.2 Å². The zero-order chi connectivity index (χ0) is 42.5.